The number of nitrogens with zero attached hydrogens (tertiary/aromatic N) is 3. The minimum absolute atomic E-state index is 0.421. The molecular formula is C13H11N5O. The van der Waals surface area contributed by atoms with E-state index in [-0.39, 0.29) is 0 Å². The Labute approximate surface area is 109 Å². The van der Waals surface area contributed by atoms with Crippen LogP contribution in [0.15, 0.2) is 53.6 Å². The quantitative estimate of drug-likeness (QED) is 0.745. The van der Waals surface area contributed by atoms with Crippen LogP contribution in [-0.2, 0) is 0 Å². The second-order valence-electron chi connectivity index (χ2n) is 3.88. The third-order valence-electron chi connectivity index (χ3n) is 2.52. The van der Waals surface area contributed by atoms with Gasteiger partial charge in [-0.3, -0.25) is 0 Å². The standard InChI is InChI=1S/C13H11N5O/c14-12-4-5-15-13(18-12)17-10-3-1-2-9(6-10)11-7-19-8-16-11/h1-8H,(H3,14,15,17,18). The van der Waals surface area contributed by atoms with Crippen LogP contribution in [0.1, 0.15) is 0 Å². The summed E-state index contributed by atoms with van der Waals surface area (Å²) in [6.07, 6.45) is 4.60. The number of hydrogen-bond acceptors (Lipinski definition) is 6. The second-order valence-corrected chi connectivity index (χ2v) is 3.88. The number of hydrogen-bond donors (Lipinski definition) is 2. The predicted molar refractivity (Wildman–Crippen MR) is 71.7 cm³/mol. The molecule has 2 aromatic heterocycles. The molecule has 0 aliphatic rings. The summed E-state index contributed by atoms with van der Waals surface area (Å²) >= 11 is 0. The fraction of sp³-hybridized carbons (Fsp3) is 0. The van der Waals surface area contributed by atoms with Crippen molar-refractivity contribution < 1.29 is 4.42 Å². The Morgan fingerprint density at radius 1 is 1.16 bits per heavy atom. The van der Waals surface area contributed by atoms with E-state index in [2.05, 4.69) is 20.3 Å². The number of oxazole rings is 1. The van der Waals surface area contributed by atoms with Gasteiger partial charge in [-0.05, 0) is 18.2 Å². The molecule has 0 unspecified atom stereocenters. The minimum atomic E-state index is 0.421. The van der Waals surface area contributed by atoms with Crippen molar-refractivity contribution in [1.29, 1.82) is 0 Å². The first-order valence-electron chi connectivity index (χ1n) is 5.65. The van der Waals surface area contributed by atoms with Gasteiger partial charge in [0.15, 0.2) is 6.39 Å². The maximum absolute atomic E-state index is 5.61. The van der Waals surface area contributed by atoms with Gasteiger partial charge < -0.3 is 15.5 Å². The Morgan fingerprint density at radius 3 is 2.89 bits per heavy atom. The van der Waals surface area contributed by atoms with Crippen LogP contribution in [0.3, 0.4) is 0 Å². The third kappa shape index (κ3) is 2.52. The zero-order chi connectivity index (χ0) is 13.1. The van der Waals surface area contributed by atoms with E-state index in [1.807, 2.05) is 24.3 Å². The molecule has 0 amide bonds. The summed E-state index contributed by atoms with van der Waals surface area (Å²) in [7, 11) is 0. The summed E-state index contributed by atoms with van der Waals surface area (Å²) in [5.74, 6) is 0.877. The lowest BCUT2D eigenvalue weighted by Gasteiger charge is -2.06. The summed E-state index contributed by atoms with van der Waals surface area (Å²) in [4.78, 5) is 12.3. The first kappa shape index (κ1) is 11.2. The number of nitrogens with one attached hydrogen (secondary N) is 1. The Kier molecular flexibility index (Phi) is 2.82. The van der Waals surface area contributed by atoms with Crippen LogP contribution in [0.5, 0.6) is 0 Å². The van der Waals surface area contributed by atoms with E-state index in [4.69, 9.17) is 10.2 Å². The molecular weight excluding hydrogens is 242 g/mol. The lowest BCUT2D eigenvalue weighted by molar-refractivity contribution is 0.558. The van der Waals surface area contributed by atoms with E-state index in [9.17, 15) is 0 Å². The summed E-state index contributed by atoms with van der Waals surface area (Å²) in [5.41, 5.74) is 8.18. The molecule has 0 atom stereocenters. The minimum Gasteiger partial charge on any atom is -0.451 e. The molecule has 19 heavy (non-hydrogen) atoms. The number of nitrogen functional groups attached to an aromatic ring is 1. The number of benzene rings is 1. The first-order valence-corrected chi connectivity index (χ1v) is 5.65. The molecule has 0 bridgehead atoms. The van der Waals surface area contributed by atoms with E-state index in [1.54, 1.807) is 18.5 Å². The van der Waals surface area contributed by atoms with Gasteiger partial charge in [-0.25, -0.2) is 9.97 Å². The van der Waals surface area contributed by atoms with E-state index < -0.39 is 0 Å². The van der Waals surface area contributed by atoms with Crippen molar-refractivity contribution in [3.8, 4) is 11.3 Å². The van der Waals surface area contributed by atoms with Crippen LogP contribution in [-0.4, -0.2) is 15.0 Å². The van der Waals surface area contributed by atoms with Crippen molar-refractivity contribution in [2.75, 3.05) is 11.1 Å². The van der Waals surface area contributed by atoms with Crippen molar-refractivity contribution >= 4 is 17.5 Å². The largest absolute Gasteiger partial charge is 0.451 e. The highest BCUT2D eigenvalue weighted by atomic mass is 16.3. The summed E-state index contributed by atoms with van der Waals surface area (Å²) in [6, 6.07) is 9.35. The molecule has 6 nitrogen and oxygen atoms in total. The van der Waals surface area contributed by atoms with Gasteiger partial charge >= 0.3 is 0 Å². The van der Waals surface area contributed by atoms with E-state index in [0.717, 1.165) is 16.9 Å². The van der Waals surface area contributed by atoms with Gasteiger partial charge in [0.2, 0.25) is 5.95 Å². The van der Waals surface area contributed by atoms with Crippen LogP contribution in [0.25, 0.3) is 11.3 Å². The topological polar surface area (TPSA) is 89.9 Å². The Bertz CT molecular complexity index is 681. The molecule has 3 rings (SSSR count). The highest BCUT2D eigenvalue weighted by Crippen LogP contribution is 2.22. The molecule has 1 aromatic carbocycles. The fourth-order valence-electron chi connectivity index (χ4n) is 1.67. The lowest BCUT2D eigenvalue weighted by Crippen LogP contribution is -1.99. The van der Waals surface area contributed by atoms with Gasteiger partial charge in [0, 0.05) is 17.4 Å². The second kappa shape index (κ2) is 4.77. The van der Waals surface area contributed by atoms with Crippen LogP contribution < -0.4 is 11.1 Å². The molecule has 0 aliphatic heterocycles. The average Bonchev–Trinajstić information content (AvgIpc) is 2.93. The van der Waals surface area contributed by atoms with Crippen molar-refractivity contribution in [2.45, 2.75) is 0 Å². The van der Waals surface area contributed by atoms with Gasteiger partial charge in [0.25, 0.3) is 0 Å². The molecule has 3 N–H and O–H groups in total. The molecule has 2 heterocycles. The zero-order valence-electron chi connectivity index (χ0n) is 9.95. The first-order chi connectivity index (χ1) is 9.31. The Hall–Kier alpha value is -2.89. The van der Waals surface area contributed by atoms with Gasteiger partial charge in [-0.2, -0.15) is 4.98 Å². The zero-order valence-corrected chi connectivity index (χ0v) is 9.95. The smallest absolute Gasteiger partial charge is 0.229 e. The summed E-state index contributed by atoms with van der Waals surface area (Å²) < 4.78 is 4.97. The maximum atomic E-state index is 5.61. The number of nitrogens with two attached hydrogens (primary N) is 1. The SMILES string of the molecule is Nc1ccnc(Nc2cccc(-c3cocn3)c2)n1. The molecule has 0 radical (unpaired) electrons. The van der Waals surface area contributed by atoms with Gasteiger partial charge in [-0.1, -0.05) is 12.1 Å². The molecule has 0 fully saturated rings. The molecule has 0 saturated heterocycles. The number of rotatable bonds is 3. The average molecular weight is 253 g/mol. The van der Waals surface area contributed by atoms with Gasteiger partial charge in [0.05, 0.1) is 0 Å². The van der Waals surface area contributed by atoms with E-state index >= 15 is 0 Å². The Morgan fingerprint density at radius 2 is 2.11 bits per heavy atom. The van der Waals surface area contributed by atoms with Crippen LogP contribution in [0, 0.1) is 0 Å². The van der Waals surface area contributed by atoms with Gasteiger partial charge in [-0.15, -0.1) is 0 Å². The third-order valence-corrected chi connectivity index (χ3v) is 2.52. The molecule has 6 heteroatoms. The molecule has 3 aromatic rings. The van der Waals surface area contributed by atoms with Crippen LogP contribution in [0.2, 0.25) is 0 Å². The van der Waals surface area contributed by atoms with Crippen molar-refractivity contribution in [3.05, 3.63) is 49.2 Å². The highest BCUT2D eigenvalue weighted by Gasteiger charge is 2.03. The van der Waals surface area contributed by atoms with Gasteiger partial charge in [0.1, 0.15) is 17.8 Å². The van der Waals surface area contributed by atoms with E-state index in [1.165, 1.54) is 6.39 Å². The summed E-state index contributed by atoms with van der Waals surface area (Å²) in [5, 5.41) is 3.09. The highest BCUT2D eigenvalue weighted by molar-refractivity contribution is 5.66. The lowest BCUT2D eigenvalue weighted by atomic mass is 10.1. The molecule has 0 aliphatic carbocycles. The van der Waals surface area contributed by atoms with Crippen molar-refractivity contribution in [2.24, 2.45) is 0 Å². The van der Waals surface area contributed by atoms with Crippen molar-refractivity contribution in [3.63, 3.8) is 0 Å². The fourth-order valence-corrected chi connectivity index (χ4v) is 1.67. The predicted octanol–water partition coefficient (Wildman–Crippen LogP) is 2.46. The normalized spacial score (nSPS) is 10.3. The number of aromatic nitrogens is 3. The maximum Gasteiger partial charge on any atom is 0.229 e. The van der Waals surface area contributed by atoms with Crippen LogP contribution in [0.4, 0.5) is 17.5 Å². The molecule has 94 valence electrons. The van der Waals surface area contributed by atoms with Crippen molar-refractivity contribution in [1.82, 2.24) is 15.0 Å². The Balaban J connectivity index is 1.88. The summed E-state index contributed by atoms with van der Waals surface area (Å²) in [6.45, 7) is 0. The van der Waals surface area contributed by atoms with Crippen LogP contribution >= 0.6 is 0 Å². The molecule has 0 spiro atoms. The molecule has 0 saturated carbocycles. The van der Waals surface area contributed by atoms with E-state index in [0.29, 0.717) is 11.8 Å². The number of anilines is 3. The monoisotopic (exact) mass is 253 g/mol.